The Morgan fingerprint density at radius 2 is 2.00 bits per heavy atom. The van der Waals surface area contributed by atoms with Crippen molar-refractivity contribution in [2.75, 3.05) is 13.1 Å². The van der Waals surface area contributed by atoms with Crippen LogP contribution in [0.5, 0.6) is 0 Å². The summed E-state index contributed by atoms with van der Waals surface area (Å²) in [5.41, 5.74) is 1.78. The molecule has 7 nitrogen and oxygen atoms in total. The largest absolute Gasteiger partial charge is 0.357 e. The van der Waals surface area contributed by atoms with Gasteiger partial charge in [0.2, 0.25) is 11.7 Å². The van der Waals surface area contributed by atoms with Crippen molar-refractivity contribution in [3.8, 4) is 11.4 Å². The second-order valence-corrected chi connectivity index (χ2v) is 6.15. The minimum absolute atomic E-state index is 0.511. The summed E-state index contributed by atoms with van der Waals surface area (Å²) in [7, 11) is 0. The molecule has 2 heterocycles. The van der Waals surface area contributed by atoms with Gasteiger partial charge >= 0.3 is 0 Å². The average Bonchev–Trinajstić information content (AvgIpc) is 3.16. The molecule has 0 bridgehead atoms. The second kappa shape index (κ2) is 9.68. The van der Waals surface area contributed by atoms with E-state index in [0.717, 1.165) is 23.8 Å². The number of pyridine rings is 1. The van der Waals surface area contributed by atoms with Gasteiger partial charge in [-0.1, -0.05) is 22.8 Å². The Labute approximate surface area is 162 Å². The second-order valence-electron chi connectivity index (χ2n) is 5.71. The van der Waals surface area contributed by atoms with Crippen molar-refractivity contribution in [3.05, 3.63) is 65.3 Å². The first kappa shape index (κ1) is 18.8. The van der Waals surface area contributed by atoms with Gasteiger partial charge in [-0.05, 0) is 43.3 Å². The van der Waals surface area contributed by atoms with E-state index < -0.39 is 0 Å². The summed E-state index contributed by atoms with van der Waals surface area (Å²) in [6.45, 7) is 3.93. The number of halogens is 1. The molecule has 0 atom stereocenters. The first-order valence-electron chi connectivity index (χ1n) is 8.75. The highest BCUT2D eigenvalue weighted by molar-refractivity contribution is 6.30. The molecule has 0 amide bonds. The quantitative estimate of drug-likeness (QED) is 0.480. The number of hydrogen-bond donors (Lipinski definition) is 2. The summed E-state index contributed by atoms with van der Waals surface area (Å²) >= 11 is 5.90. The molecule has 0 fully saturated rings. The van der Waals surface area contributed by atoms with Crippen LogP contribution < -0.4 is 10.6 Å². The predicted molar refractivity (Wildman–Crippen MR) is 106 cm³/mol. The summed E-state index contributed by atoms with van der Waals surface area (Å²) in [5.74, 6) is 1.84. The van der Waals surface area contributed by atoms with Crippen LogP contribution in [0.4, 0.5) is 0 Å². The number of guanidine groups is 1. The van der Waals surface area contributed by atoms with Gasteiger partial charge in [-0.2, -0.15) is 4.98 Å². The molecule has 8 heteroatoms. The van der Waals surface area contributed by atoms with Gasteiger partial charge in [0, 0.05) is 36.3 Å². The molecule has 0 saturated heterocycles. The number of aromatic nitrogens is 3. The van der Waals surface area contributed by atoms with E-state index in [1.54, 1.807) is 18.3 Å². The van der Waals surface area contributed by atoms with Gasteiger partial charge < -0.3 is 15.2 Å². The first-order valence-corrected chi connectivity index (χ1v) is 9.13. The number of aliphatic imine (C=N–C) groups is 1. The fourth-order valence-electron chi connectivity index (χ4n) is 2.35. The molecule has 0 aliphatic rings. The normalized spacial score (nSPS) is 11.4. The highest BCUT2D eigenvalue weighted by Crippen LogP contribution is 2.18. The molecule has 140 valence electrons. The van der Waals surface area contributed by atoms with E-state index in [2.05, 4.69) is 30.8 Å². The predicted octanol–water partition coefficient (Wildman–Crippen LogP) is 3.08. The van der Waals surface area contributed by atoms with Crippen molar-refractivity contribution in [3.63, 3.8) is 0 Å². The van der Waals surface area contributed by atoms with E-state index in [1.807, 2.05) is 37.3 Å². The molecule has 0 aliphatic carbocycles. The molecule has 0 unspecified atom stereocenters. The lowest BCUT2D eigenvalue weighted by Gasteiger charge is -2.10. The number of rotatable bonds is 7. The molecule has 2 N–H and O–H groups in total. The summed E-state index contributed by atoms with van der Waals surface area (Å²) in [6, 6.07) is 13.1. The summed E-state index contributed by atoms with van der Waals surface area (Å²) < 4.78 is 5.32. The van der Waals surface area contributed by atoms with Gasteiger partial charge in [0.05, 0.1) is 12.2 Å². The summed E-state index contributed by atoms with van der Waals surface area (Å²) in [4.78, 5) is 13.2. The van der Waals surface area contributed by atoms with Crippen LogP contribution >= 0.6 is 11.6 Å². The van der Waals surface area contributed by atoms with Gasteiger partial charge in [-0.15, -0.1) is 0 Å². The van der Waals surface area contributed by atoms with Crippen molar-refractivity contribution in [2.45, 2.75) is 19.9 Å². The number of benzene rings is 1. The number of nitrogens with zero attached hydrogens (tertiary/aromatic N) is 4. The van der Waals surface area contributed by atoms with E-state index in [9.17, 15) is 0 Å². The van der Waals surface area contributed by atoms with Gasteiger partial charge in [-0.3, -0.25) is 4.98 Å². The van der Waals surface area contributed by atoms with Crippen LogP contribution in [0.1, 0.15) is 18.5 Å². The highest BCUT2D eigenvalue weighted by atomic mass is 35.5. The number of hydrogen-bond acceptors (Lipinski definition) is 5. The average molecular weight is 385 g/mol. The maximum absolute atomic E-state index is 5.90. The molecule has 0 spiro atoms. The lowest BCUT2D eigenvalue weighted by atomic mass is 10.2. The van der Waals surface area contributed by atoms with Crippen LogP contribution in [0, 0.1) is 0 Å². The first-order chi connectivity index (χ1) is 13.2. The maximum Gasteiger partial charge on any atom is 0.228 e. The molecule has 2 aromatic heterocycles. The molecule has 1 aromatic carbocycles. The van der Waals surface area contributed by atoms with E-state index in [0.29, 0.717) is 36.2 Å². The zero-order valence-electron chi connectivity index (χ0n) is 15.0. The van der Waals surface area contributed by atoms with E-state index >= 15 is 0 Å². The SMILES string of the molecule is CCNC(=NCc1ccccn1)NCCc1nc(-c2ccc(Cl)cc2)no1. The molecule has 3 aromatic rings. The van der Waals surface area contributed by atoms with Crippen LogP contribution in [-0.2, 0) is 13.0 Å². The Morgan fingerprint density at radius 1 is 1.15 bits per heavy atom. The Morgan fingerprint density at radius 3 is 2.74 bits per heavy atom. The third-order valence-electron chi connectivity index (χ3n) is 3.67. The lowest BCUT2D eigenvalue weighted by Crippen LogP contribution is -2.38. The molecule has 3 rings (SSSR count). The molecular formula is C19H21ClN6O. The van der Waals surface area contributed by atoms with Gasteiger partial charge in [0.1, 0.15) is 0 Å². The Bertz CT molecular complexity index is 863. The highest BCUT2D eigenvalue weighted by Gasteiger charge is 2.08. The zero-order valence-corrected chi connectivity index (χ0v) is 15.8. The molecule has 0 saturated carbocycles. The molecule has 27 heavy (non-hydrogen) atoms. The zero-order chi connectivity index (χ0) is 18.9. The minimum Gasteiger partial charge on any atom is -0.357 e. The summed E-state index contributed by atoms with van der Waals surface area (Å²) in [5, 5.41) is 11.2. The van der Waals surface area contributed by atoms with E-state index in [1.165, 1.54) is 0 Å². The fraction of sp³-hybridized carbons (Fsp3) is 0.263. The van der Waals surface area contributed by atoms with Crippen molar-refractivity contribution >= 4 is 17.6 Å². The fourth-order valence-corrected chi connectivity index (χ4v) is 2.48. The van der Waals surface area contributed by atoms with Crippen LogP contribution in [0.15, 0.2) is 58.2 Å². The van der Waals surface area contributed by atoms with Crippen molar-refractivity contribution in [1.29, 1.82) is 0 Å². The Balaban J connectivity index is 1.53. The van der Waals surface area contributed by atoms with Crippen LogP contribution in [0.25, 0.3) is 11.4 Å². The smallest absolute Gasteiger partial charge is 0.228 e. The lowest BCUT2D eigenvalue weighted by molar-refractivity contribution is 0.378. The topological polar surface area (TPSA) is 88.2 Å². The summed E-state index contributed by atoms with van der Waals surface area (Å²) in [6.07, 6.45) is 2.35. The van der Waals surface area contributed by atoms with Crippen molar-refractivity contribution < 1.29 is 4.52 Å². The number of nitrogens with one attached hydrogen (secondary N) is 2. The van der Waals surface area contributed by atoms with E-state index in [-0.39, 0.29) is 0 Å². The Hall–Kier alpha value is -2.93. The molecular weight excluding hydrogens is 364 g/mol. The minimum atomic E-state index is 0.511. The van der Waals surface area contributed by atoms with Crippen LogP contribution in [-0.4, -0.2) is 34.2 Å². The van der Waals surface area contributed by atoms with Crippen LogP contribution in [0.2, 0.25) is 5.02 Å². The van der Waals surface area contributed by atoms with Gasteiger partial charge in [0.25, 0.3) is 0 Å². The van der Waals surface area contributed by atoms with Crippen molar-refractivity contribution in [1.82, 2.24) is 25.8 Å². The van der Waals surface area contributed by atoms with Gasteiger partial charge in [0.15, 0.2) is 5.96 Å². The van der Waals surface area contributed by atoms with Crippen LogP contribution in [0.3, 0.4) is 0 Å². The van der Waals surface area contributed by atoms with E-state index in [4.69, 9.17) is 16.1 Å². The molecule has 0 aliphatic heterocycles. The van der Waals surface area contributed by atoms with Crippen molar-refractivity contribution in [2.24, 2.45) is 4.99 Å². The monoisotopic (exact) mass is 384 g/mol. The molecule has 0 radical (unpaired) electrons. The third kappa shape index (κ3) is 5.79. The van der Waals surface area contributed by atoms with Gasteiger partial charge in [-0.25, -0.2) is 4.99 Å². The Kier molecular flexibility index (Phi) is 6.76. The maximum atomic E-state index is 5.90. The standard InChI is InChI=1S/C19H21ClN6O/c1-2-21-19(24-13-16-5-3-4-11-22-16)23-12-10-17-25-18(26-27-17)14-6-8-15(20)9-7-14/h3-9,11H,2,10,12-13H2,1H3,(H2,21,23,24). The third-order valence-corrected chi connectivity index (χ3v) is 3.92.